The van der Waals surface area contributed by atoms with E-state index in [1.165, 1.54) is 36.5 Å². The summed E-state index contributed by atoms with van der Waals surface area (Å²) in [5, 5.41) is 5.29. The molecular formula is C19H27N6O4+. The van der Waals surface area contributed by atoms with E-state index in [4.69, 9.17) is 4.74 Å². The summed E-state index contributed by atoms with van der Waals surface area (Å²) in [6.07, 6.45) is 4.68. The number of carbonyl (C=O) groups is 2. The third kappa shape index (κ3) is 6.09. The Morgan fingerprint density at radius 1 is 1.28 bits per heavy atom. The number of rotatable bonds is 8. The average molecular weight is 403 g/mol. The molecule has 0 saturated heterocycles. The number of H-pyrrole nitrogens is 1. The van der Waals surface area contributed by atoms with Crippen LogP contribution in [0.5, 0.6) is 6.01 Å². The van der Waals surface area contributed by atoms with Gasteiger partial charge in [-0.1, -0.05) is 13.8 Å². The fourth-order valence-electron chi connectivity index (χ4n) is 2.73. The zero-order valence-corrected chi connectivity index (χ0v) is 17.3. The topological polar surface area (TPSA) is 129 Å². The number of anilines is 2. The molecule has 0 aromatic carbocycles. The molecule has 0 spiro atoms. The number of hydrogen-bond donors (Lipinski definition) is 2. The van der Waals surface area contributed by atoms with Gasteiger partial charge in [0.25, 0.3) is 0 Å². The number of amides is 2. The Morgan fingerprint density at radius 3 is 2.66 bits per heavy atom. The molecule has 0 unspecified atom stereocenters. The minimum Gasteiger partial charge on any atom is -0.467 e. The lowest BCUT2D eigenvalue weighted by Gasteiger charge is -2.21. The highest BCUT2D eigenvalue weighted by atomic mass is 16.5. The molecule has 3 N–H and O–H groups in total. The lowest BCUT2D eigenvalue weighted by atomic mass is 9.99. The largest absolute Gasteiger partial charge is 0.467 e. The third-order valence-corrected chi connectivity index (χ3v) is 4.08. The molecule has 0 atom stereocenters. The second-order valence-electron chi connectivity index (χ2n) is 7.64. The van der Waals surface area contributed by atoms with Crippen molar-refractivity contribution in [1.29, 1.82) is 0 Å². The van der Waals surface area contributed by atoms with Gasteiger partial charge in [0.05, 0.1) is 13.5 Å². The predicted octanol–water partition coefficient (Wildman–Crippen LogP) is 1.21. The average Bonchev–Trinajstić information content (AvgIpc) is 2.62. The Morgan fingerprint density at radius 2 is 2.00 bits per heavy atom. The lowest BCUT2D eigenvalue weighted by molar-refractivity contribution is -0.386. The number of nitrogens with zero attached hydrogens (tertiary/aromatic N) is 3. The number of carbonyl (C=O) groups excluding carboxylic acids is 2. The van der Waals surface area contributed by atoms with E-state index in [0.29, 0.717) is 12.2 Å². The van der Waals surface area contributed by atoms with Crippen LogP contribution >= 0.6 is 0 Å². The number of nitrogens with one attached hydrogen (secondary N) is 3. The number of methoxy groups -OCH3 is 1. The van der Waals surface area contributed by atoms with Crippen LogP contribution in [0.4, 0.5) is 11.5 Å². The third-order valence-electron chi connectivity index (χ3n) is 4.08. The molecule has 0 fully saturated rings. The number of aromatic nitrogens is 4. The van der Waals surface area contributed by atoms with Crippen LogP contribution in [-0.2, 0) is 15.1 Å². The number of aromatic amines is 1. The van der Waals surface area contributed by atoms with Gasteiger partial charge in [-0.15, -0.1) is 0 Å². The molecule has 0 saturated carbocycles. The number of ether oxygens (including phenoxy) is 1. The molecule has 10 heteroatoms. The molecule has 2 amide bonds. The SMILES string of the molecule is COc1nccc(NC(=O)CC(C)(C)n2c[nH+]cc(NC(=O)CC(C)C)c2=O)n1. The van der Waals surface area contributed by atoms with E-state index >= 15 is 0 Å². The molecule has 2 aromatic rings. The van der Waals surface area contributed by atoms with Crippen molar-refractivity contribution < 1.29 is 19.3 Å². The van der Waals surface area contributed by atoms with E-state index in [0.717, 1.165) is 0 Å². The van der Waals surface area contributed by atoms with E-state index in [9.17, 15) is 14.4 Å². The summed E-state index contributed by atoms with van der Waals surface area (Å²) in [7, 11) is 1.43. The Balaban J connectivity index is 2.15. The standard InChI is InChI=1S/C19H26N6O4/c1-12(2)8-15(26)22-13-10-20-11-25(17(13)28)19(3,4)9-16(27)23-14-6-7-21-18(24-14)29-5/h6-7,10-12H,8-9H2,1-5H3,(H,22,26)(H,21,23,24,27)/p+1. The Labute approximate surface area is 168 Å². The van der Waals surface area contributed by atoms with Gasteiger partial charge in [-0.3, -0.25) is 14.6 Å². The Kier molecular flexibility index (Phi) is 7.03. The van der Waals surface area contributed by atoms with Gasteiger partial charge in [-0.25, -0.2) is 9.78 Å². The molecule has 29 heavy (non-hydrogen) atoms. The highest BCUT2D eigenvalue weighted by Crippen LogP contribution is 2.19. The Bertz CT molecular complexity index is 938. The van der Waals surface area contributed by atoms with Crippen molar-refractivity contribution in [2.24, 2.45) is 5.92 Å². The summed E-state index contributed by atoms with van der Waals surface area (Å²) in [4.78, 5) is 48.1. The van der Waals surface area contributed by atoms with Crippen molar-refractivity contribution in [3.8, 4) is 6.01 Å². The van der Waals surface area contributed by atoms with Crippen LogP contribution in [0.2, 0.25) is 0 Å². The predicted molar refractivity (Wildman–Crippen MR) is 106 cm³/mol. The fraction of sp³-hybridized carbons (Fsp3) is 0.474. The van der Waals surface area contributed by atoms with Gasteiger partial charge in [0.2, 0.25) is 18.1 Å². The van der Waals surface area contributed by atoms with Crippen LogP contribution < -0.4 is 25.9 Å². The summed E-state index contributed by atoms with van der Waals surface area (Å²) in [6.45, 7) is 7.35. The minimum atomic E-state index is -0.867. The van der Waals surface area contributed by atoms with Gasteiger partial charge in [-0.05, 0) is 25.8 Å². The van der Waals surface area contributed by atoms with Gasteiger partial charge < -0.3 is 15.4 Å². The second kappa shape index (κ2) is 9.26. The molecule has 10 nitrogen and oxygen atoms in total. The molecule has 0 aliphatic heterocycles. The van der Waals surface area contributed by atoms with Crippen molar-refractivity contribution in [1.82, 2.24) is 14.5 Å². The van der Waals surface area contributed by atoms with Crippen LogP contribution in [0.25, 0.3) is 0 Å². The quantitative estimate of drug-likeness (QED) is 0.681. The molecule has 2 heterocycles. The van der Waals surface area contributed by atoms with Gasteiger partial charge >= 0.3 is 11.6 Å². The highest BCUT2D eigenvalue weighted by molar-refractivity contribution is 5.91. The normalized spacial score (nSPS) is 11.2. The molecular weight excluding hydrogens is 376 g/mol. The molecule has 0 bridgehead atoms. The second-order valence-corrected chi connectivity index (χ2v) is 7.64. The molecule has 0 radical (unpaired) electrons. The summed E-state index contributed by atoms with van der Waals surface area (Å²) < 4.78 is 6.32. The molecule has 2 aromatic heterocycles. The molecule has 0 aliphatic carbocycles. The summed E-state index contributed by atoms with van der Waals surface area (Å²) in [5.74, 6) is -0.106. The maximum Gasteiger partial charge on any atom is 0.361 e. The Hall–Kier alpha value is -3.30. The van der Waals surface area contributed by atoms with Crippen molar-refractivity contribution >= 4 is 23.3 Å². The van der Waals surface area contributed by atoms with Gasteiger partial charge in [0.15, 0.2) is 5.69 Å². The van der Waals surface area contributed by atoms with E-state index < -0.39 is 11.1 Å². The monoisotopic (exact) mass is 403 g/mol. The van der Waals surface area contributed by atoms with Crippen LogP contribution in [0.3, 0.4) is 0 Å². The van der Waals surface area contributed by atoms with Crippen LogP contribution in [0.1, 0.15) is 40.5 Å². The maximum absolute atomic E-state index is 12.8. The van der Waals surface area contributed by atoms with Crippen molar-refractivity contribution in [2.45, 2.75) is 46.1 Å². The first-order valence-electron chi connectivity index (χ1n) is 9.22. The van der Waals surface area contributed by atoms with Gasteiger partial charge in [0.1, 0.15) is 17.6 Å². The summed E-state index contributed by atoms with van der Waals surface area (Å²) >= 11 is 0. The van der Waals surface area contributed by atoms with Crippen molar-refractivity contribution in [2.75, 3.05) is 17.7 Å². The molecule has 0 aliphatic rings. The van der Waals surface area contributed by atoms with E-state index in [2.05, 4.69) is 25.6 Å². The fourth-order valence-corrected chi connectivity index (χ4v) is 2.73. The molecule has 2 rings (SSSR count). The van der Waals surface area contributed by atoms with Crippen molar-refractivity contribution in [3.63, 3.8) is 0 Å². The minimum absolute atomic E-state index is 0.00351. The van der Waals surface area contributed by atoms with Crippen LogP contribution in [0.15, 0.2) is 29.6 Å². The lowest BCUT2D eigenvalue weighted by Crippen LogP contribution is -2.42. The zero-order valence-electron chi connectivity index (χ0n) is 17.3. The van der Waals surface area contributed by atoms with E-state index in [1.54, 1.807) is 13.8 Å². The summed E-state index contributed by atoms with van der Waals surface area (Å²) in [6, 6.07) is 1.68. The maximum atomic E-state index is 12.8. The van der Waals surface area contributed by atoms with Gasteiger partial charge in [-0.2, -0.15) is 9.55 Å². The van der Waals surface area contributed by atoms with Crippen LogP contribution in [0, 0.1) is 5.92 Å². The van der Waals surface area contributed by atoms with Crippen molar-refractivity contribution in [3.05, 3.63) is 35.1 Å². The zero-order chi connectivity index (χ0) is 21.6. The van der Waals surface area contributed by atoms with E-state index in [-0.39, 0.29) is 35.9 Å². The number of hydrogen-bond acceptors (Lipinski definition) is 6. The first kappa shape index (κ1) is 22.0. The summed E-state index contributed by atoms with van der Waals surface area (Å²) in [5.41, 5.74) is -1.14. The first-order chi connectivity index (χ1) is 13.6. The van der Waals surface area contributed by atoms with Crippen LogP contribution in [-0.4, -0.2) is 33.5 Å². The van der Waals surface area contributed by atoms with Gasteiger partial charge in [0, 0.05) is 12.6 Å². The first-order valence-corrected chi connectivity index (χ1v) is 9.22. The smallest absolute Gasteiger partial charge is 0.361 e. The van der Waals surface area contributed by atoms with E-state index in [1.807, 2.05) is 13.8 Å². The highest BCUT2D eigenvalue weighted by Gasteiger charge is 2.32. The molecule has 156 valence electrons.